The fourth-order valence-corrected chi connectivity index (χ4v) is 3.05. The summed E-state index contributed by atoms with van der Waals surface area (Å²) in [5, 5.41) is 5.02. The standard InChI is InChI=1S/C16H21N3OS/c1-11(20)10-14-8-6-7-9-15(14)17-16-19(5)18(4)12(2)13(3)21-16/h6-9H,10H2,1-5H3. The Morgan fingerprint density at radius 1 is 1.19 bits per heavy atom. The van der Waals surface area contributed by atoms with Crippen molar-refractivity contribution in [2.45, 2.75) is 27.2 Å². The highest BCUT2D eigenvalue weighted by Crippen LogP contribution is 2.32. The first-order valence-corrected chi connectivity index (χ1v) is 7.70. The van der Waals surface area contributed by atoms with Crippen LogP contribution < -0.4 is 0 Å². The van der Waals surface area contributed by atoms with E-state index < -0.39 is 0 Å². The van der Waals surface area contributed by atoms with Gasteiger partial charge in [0.15, 0.2) is 5.17 Å². The molecule has 0 spiro atoms. The van der Waals surface area contributed by atoms with E-state index in [-0.39, 0.29) is 5.78 Å². The molecule has 0 radical (unpaired) electrons. The zero-order valence-corrected chi connectivity index (χ0v) is 14.0. The van der Waals surface area contributed by atoms with Gasteiger partial charge < -0.3 is 0 Å². The van der Waals surface area contributed by atoms with Crippen molar-refractivity contribution >= 4 is 28.4 Å². The number of benzene rings is 1. The van der Waals surface area contributed by atoms with Crippen molar-refractivity contribution in [2.24, 2.45) is 4.99 Å². The Kier molecular flexibility index (Phi) is 4.73. The lowest BCUT2D eigenvalue weighted by molar-refractivity contribution is -0.116. The van der Waals surface area contributed by atoms with Crippen LogP contribution >= 0.6 is 11.8 Å². The molecule has 0 fully saturated rings. The fraction of sp³-hybridized carbons (Fsp3) is 0.375. The Bertz CT molecular complexity index is 622. The number of ketones is 1. The fourth-order valence-electron chi connectivity index (χ4n) is 2.09. The molecule has 112 valence electrons. The van der Waals surface area contributed by atoms with E-state index in [1.807, 2.05) is 43.4 Å². The van der Waals surface area contributed by atoms with Crippen LogP contribution in [-0.2, 0) is 11.2 Å². The molecule has 0 unspecified atom stereocenters. The van der Waals surface area contributed by atoms with E-state index in [1.54, 1.807) is 18.7 Å². The summed E-state index contributed by atoms with van der Waals surface area (Å²) in [6.07, 6.45) is 0.422. The number of Topliss-reactive ketones (excluding diaryl/α,β-unsaturated/α-hetero) is 1. The van der Waals surface area contributed by atoms with Crippen LogP contribution in [0.1, 0.15) is 26.3 Å². The van der Waals surface area contributed by atoms with Gasteiger partial charge in [0.05, 0.1) is 5.69 Å². The van der Waals surface area contributed by atoms with Gasteiger partial charge in [-0.1, -0.05) is 30.0 Å². The molecule has 1 heterocycles. The molecule has 4 nitrogen and oxygen atoms in total. The van der Waals surface area contributed by atoms with Crippen LogP contribution in [0, 0.1) is 0 Å². The third-order valence-electron chi connectivity index (χ3n) is 3.61. The average Bonchev–Trinajstić information content (AvgIpc) is 2.44. The number of thioether (sulfide) groups is 1. The zero-order valence-electron chi connectivity index (χ0n) is 13.2. The van der Waals surface area contributed by atoms with Gasteiger partial charge in [0, 0.05) is 31.1 Å². The van der Waals surface area contributed by atoms with E-state index in [2.05, 4.69) is 18.9 Å². The van der Waals surface area contributed by atoms with Crippen LogP contribution in [0.15, 0.2) is 39.9 Å². The average molecular weight is 303 g/mol. The number of carbonyl (C=O) groups excluding carboxylic acids is 1. The number of hydrazine groups is 1. The van der Waals surface area contributed by atoms with E-state index in [1.165, 1.54) is 10.6 Å². The summed E-state index contributed by atoms with van der Waals surface area (Å²) < 4.78 is 0. The number of nitrogens with zero attached hydrogens (tertiary/aromatic N) is 3. The lowest BCUT2D eigenvalue weighted by Crippen LogP contribution is -2.41. The number of allylic oxidation sites excluding steroid dienone is 2. The molecule has 0 saturated carbocycles. The number of amidine groups is 1. The van der Waals surface area contributed by atoms with Crippen LogP contribution in [0.2, 0.25) is 0 Å². The molecule has 1 aromatic rings. The van der Waals surface area contributed by atoms with Crippen LogP contribution in [0.4, 0.5) is 5.69 Å². The Balaban J connectivity index is 2.38. The van der Waals surface area contributed by atoms with Gasteiger partial charge in [-0.15, -0.1) is 0 Å². The summed E-state index contributed by atoms with van der Waals surface area (Å²) in [6.45, 7) is 5.80. The molecule has 0 bridgehead atoms. The number of hydrogen-bond acceptors (Lipinski definition) is 4. The van der Waals surface area contributed by atoms with Gasteiger partial charge in [-0.2, -0.15) is 0 Å². The third kappa shape index (κ3) is 3.47. The maximum Gasteiger partial charge on any atom is 0.187 e. The molecule has 0 aromatic heterocycles. The van der Waals surface area contributed by atoms with Crippen molar-refractivity contribution in [1.82, 2.24) is 10.0 Å². The van der Waals surface area contributed by atoms with Gasteiger partial charge in [-0.25, -0.2) is 4.99 Å². The lowest BCUT2D eigenvalue weighted by atomic mass is 10.1. The topological polar surface area (TPSA) is 35.9 Å². The molecule has 0 aliphatic carbocycles. The third-order valence-corrected chi connectivity index (χ3v) is 4.75. The molecule has 0 saturated heterocycles. The molecule has 0 atom stereocenters. The minimum Gasteiger partial charge on any atom is -0.300 e. The van der Waals surface area contributed by atoms with Crippen LogP contribution in [-0.4, -0.2) is 35.1 Å². The second-order valence-electron chi connectivity index (χ2n) is 5.19. The molecular formula is C16H21N3OS. The quantitative estimate of drug-likeness (QED) is 0.855. The van der Waals surface area contributed by atoms with E-state index in [0.717, 1.165) is 16.4 Å². The highest BCUT2D eigenvalue weighted by atomic mass is 32.2. The van der Waals surface area contributed by atoms with Gasteiger partial charge in [0.1, 0.15) is 5.78 Å². The summed E-state index contributed by atoms with van der Waals surface area (Å²) in [5.41, 5.74) is 3.05. The maximum absolute atomic E-state index is 11.4. The van der Waals surface area contributed by atoms with E-state index >= 15 is 0 Å². The number of carbonyl (C=O) groups is 1. The van der Waals surface area contributed by atoms with Gasteiger partial charge in [-0.05, 0) is 32.4 Å². The Hall–Kier alpha value is -1.75. The Labute approximate surface area is 130 Å². The molecule has 1 aliphatic heterocycles. The SMILES string of the molecule is CC(=O)Cc1ccccc1N=C1SC(C)=C(C)N(C)N1C. The van der Waals surface area contributed by atoms with Crippen LogP contribution in [0.3, 0.4) is 0 Å². The number of rotatable bonds is 3. The van der Waals surface area contributed by atoms with Crippen molar-refractivity contribution < 1.29 is 4.79 Å². The Morgan fingerprint density at radius 2 is 1.86 bits per heavy atom. The first kappa shape index (κ1) is 15.6. The molecule has 5 heteroatoms. The van der Waals surface area contributed by atoms with Crippen molar-refractivity contribution in [3.63, 3.8) is 0 Å². The molecule has 1 aromatic carbocycles. The highest BCUT2D eigenvalue weighted by molar-refractivity contribution is 8.17. The molecular weight excluding hydrogens is 282 g/mol. The summed E-state index contributed by atoms with van der Waals surface area (Å²) in [6, 6.07) is 7.82. The van der Waals surface area contributed by atoms with Gasteiger partial charge in [0.2, 0.25) is 0 Å². The lowest BCUT2D eigenvalue weighted by Gasteiger charge is -2.37. The van der Waals surface area contributed by atoms with Crippen molar-refractivity contribution in [3.8, 4) is 0 Å². The summed E-state index contributed by atoms with van der Waals surface area (Å²) in [5.74, 6) is 0.149. The normalized spacial score (nSPS) is 17.7. The van der Waals surface area contributed by atoms with Gasteiger partial charge >= 0.3 is 0 Å². The molecule has 2 rings (SSSR count). The molecule has 0 amide bonds. The predicted molar refractivity (Wildman–Crippen MR) is 89.4 cm³/mol. The predicted octanol–water partition coefficient (Wildman–Crippen LogP) is 3.58. The second kappa shape index (κ2) is 6.35. The molecule has 21 heavy (non-hydrogen) atoms. The summed E-state index contributed by atoms with van der Waals surface area (Å²) in [4.78, 5) is 17.4. The number of para-hydroxylation sites is 1. The van der Waals surface area contributed by atoms with Crippen LogP contribution in [0.25, 0.3) is 0 Å². The monoisotopic (exact) mass is 303 g/mol. The number of aliphatic imine (C=N–C) groups is 1. The maximum atomic E-state index is 11.4. The summed E-state index contributed by atoms with van der Waals surface area (Å²) >= 11 is 1.66. The largest absolute Gasteiger partial charge is 0.300 e. The minimum absolute atomic E-state index is 0.149. The highest BCUT2D eigenvalue weighted by Gasteiger charge is 2.22. The van der Waals surface area contributed by atoms with E-state index in [4.69, 9.17) is 4.99 Å². The van der Waals surface area contributed by atoms with E-state index in [9.17, 15) is 4.79 Å². The van der Waals surface area contributed by atoms with Crippen molar-refractivity contribution in [2.75, 3.05) is 14.1 Å². The summed E-state index contributed by atoms with van der Waals surface area (Å²) in [7, 11) is 4.02. The zero-order chi connectivity index (χ0) is 15.6. The van der Waals surface area contributed by atoms with Crippen LogP contribution in [0.5, 0.6) is 0 Å². The minimum atomic E-state index is 0.149. The second-order valence-corrected chi connectivity index (χ2v) is 6.37. The van der Waals surface area contributed by atoms with Crippen molar-refractivity contribution in [3.05, 3.63) is 40.4 Å². The number of hydrogen-bond donors (Lipinski definition) is 0. The molecule has 0 N–H and O–H groups in total. The first-order chi connectivity index (χ1) is 9.90. The van der Waals surface area contributed by atoms with Gasteiger partial charge in [0.25, 0.3) is 0 Å². The first-order valence-electron chi connectivity index (χ1n) is 6.89. The van der Waals surface area contributed by atoms with E-state index in [0.29, 0.717) is 6.42 Å². The molecule has 1 aliphatic rings. The smallest absolute Gasteiger partial charge is 0.187 e. The Morgan fingerprint density at radius 3 is 2.52 bits per heavy atom. The van der Waals surface area contributed by atoms with Gasteiger partial charge in [-0.3, -0.25) is 14.8 Å². The van der Waals surface area contributed by atoms with Crippen molar-refractivity contribution in [1.29, 1.82) is 0 Å².